The van der Waals surface area contributed by atoms with Crippen LogP contribution in [0.15, 0.2) is 54.6 Å². The number of fused-ring (bicyclic) bond motifs is 4. The molecule has 0 radical (unpaired) electrons. The van der Waals surface area contributed by atoms with Crippen molar-refractivity contribution in [2.75, 3.05) is 53.1 Å². The van der Waals surface area contributed by atoms with E-state index in [2.05, 4.69) is 16.0 Å². The van der Waals surface area contributed by atoms with Crippen molar-refractivity contribution in [3.8, 4) is 5.75 Å². The lowest BCUT2D eigenvalue weighted by atomic mass is 9.93. The third kappa shape index (κ3) is 9.81. The Morgan fingerprint density at radius 2 is 1.74 bits per heavy atom. The highest BCUT2D eigenvalue weighted by molar-refractivity contribution is 5.93. The summed E-state index contributed by atoms with van der Waals surface area (Å²) in [5.74, 6) is -1.76. The molecule has 3 N–H and O–H groups in total. The van der Waals surface area contributed by atoms with Gasteiger partial charge in [-0.15, -0.1) is 0 Å². The minimum atomic E-state index is -0.979. The standard InChI is InChI=1S/C37H49N5O8/c1-24(2)17-30-36(46)41(14-16-48-3)22-33(43)38-29(18-25-9-5-4-6-10-25)35(45)40-31-21-42(37(47)32-13-8-15-49-32)20-28(31)26-11-7-12-27(19-26)50-23-34(44)39-30/h4-7,9-12,19,24,28-32H,8,13-18,20-23H2,1-3H3,(H,38,43)(H,39,44)(H,40,45)/t28-,29-,30+,31+,32+/m0/s1. The van der Waals surface area contributed by atoms with E-state index in [1.807, 2.05) is 62.4 Å². The molecule has 50 heavy (non-hydrogen) atoms. The van der Waals surface area contributed by atoms with Crippen molar-refractivity contribution < 1.29 is 38.2 Å². The summed E-state index contributed by atoms with van der Waals surface area (Å²) in [5, 5.41) is 8.85. The van der Waals surface area contributed by atoms with Crippen LogP contribution in [-0.2, 0) is 39.9 Å². The maximum absolute atomic E-state index is 14.2. The van der Waals surface area contributed by atoms with Gasteiger partial charge in [0.2, 0.25) is 17.7 Å². The Kier molecular flexibility index (Phi) is 12.8. The second-order valence-corrected chi connectivity index (χ2v) is 13.6. The van der Waals surface area contributed by atoms with Crippen LogP contribution in [0, 0.1) is 5.92 Å². The van der Waals surface area contributed by atoms with Crippen LogP contribution in [0.2, 0.25) is 0 Å². The Bertz CT molecular complexity index is 1500. The van der Waals surface area contributed by atoms with Gasteiger partial charge < -0.3 is 40.0 Å². The minimum Gasteiger partial charge on any atom is -0.484 e. The number of rotatable bonds is 8. The number of nitrogens with one attached hydrogen (secondary N) is 3. The van der Waals surface area contributed by atoms with Crippen LogP contribution in [0.25, 0.3) is 0 Å². The fourth-order valence-electron chi connectivity index (χ4n) is 6.80. The van der Waals surface area contributed by atoms with E-state index in [-0.39, 0.29) is 57.0 Å². The molecule has 13 heteroatoms. The Hall–Kier alpha value is -4.49. The molecule has 2 saturated heterocycles. The number of carbonyl (C=O) groups excluding carboxylic acids is 5. The maximum Gasteiger partial charge on any atom is 0.258 e. The van der Waals surface area contributed by atoms with Gasteiger partial charge in [0.05, 0.1) is 19.2 Å². The van der Waals surface area contributed by atoms with Crippen LogP contribution >= 0.6 is 0 Å². The van der Waals surface area contributed by atoms with Gasteiger partial charge in [-0.2, -0.15) is 0 Å². The van der Waals surface area contributed by atoms with Crippen LogP contribution in [0.3, 0.4) is 0 Å². The van der Waals surface area contributed by atoms with Gasteiger partial charge in [0, 0.05) is 45.7 Å². The van der Waals surface area contributed by atoms with Crippen molar-refractivity contribution in [3.63, 3.8) is 0 Å². The number of likely N-dealkylation sites (tertiary alicyclic amines) is 1. The Morgan fingerprint density at radius 3 is 2.46 bits per heavy atom. The third-order valence-electron chi connectivity index (χ3n) is 9.31. The molecule has 270 valence electrons. The van der Waals surface area contributed by atoms with Gasteiger partial charge in [0.25, 0.3) is 11.8 Å². The van der Waals surface area contributed by atoms with Crippen molar-refractivity contribution in [2.24, 2.45) is 5.92 Å². The van der Waals surface area contributed by atoms with Crippen molar-refractivity contribution in [3.05, 3.63) is 65.7 Å². The minimum absolute atomic E-state index is 0.0581. The predicted octanol–water partition coefficient (Wildman–Crippen LogP) is 1.40. The topological polar surface area (TPSA) is 156 Å². The molecule has 13 nitrogen and oxygen atoms in total. The highest BCUT2D eigenvalue weighted by atomic mass is 16.5. The van der Waals surface area contributed by atoms with E-state index >= 15 is 0 Å². The zero-order valence-corrected chi connectivity index (χ0v) is 29.1. The lowest BCUT2D eigenvalue weighted by Crippen LogP contribution is -2.56. The van der Waals surface area contributed by atoms with Crippen LogP contribution < -0.4 is 20.7 Å². The summed E-state index contributed by atoms with van der Waals surface area (Å²) < 4.78 is 16.8. The van der Waals surface area contributed by atoms with Crippen LogP contribution in [0.4, 0.5) is 0 Å². The number of carbonyl (C=O) groups is 5. The smallest absolute Gasteiger partial charge is 0.258 e. The van der Waals surface area contributed by atoms with Gasteiger partial charge in [0.15, 0.2) is 6.61 Å². The molecule has 3 heterocycles. The normalized spacial score (nSPS) is 25.2. The summed E-state index contributed by atoms with van der Waals surface area (Å²) in [6, 6.07) is 14.2. The van der Waals surface area contributed by atoms with E-state index in [1.54, 1.807) is 11.0 Å². The van der Waals surface area contributed by atoms with Crippen molar-refractivity contribution in [1.29, 1.82) is 0 Å². The van der Waals surface area contributed by atoms with E-state index in [1.165, 1.54) is 12.0 Å². The fourth-order valence-corrected chi connectivity index (χ4v) is 6.80. The number of amides is 5. The van der Waals surface area contributed by atoms with Gasteiger partial charge in [-0.05, 0) is 48.4 Å². The Balaban J connectivity index is 1.49. The molecule has 0 spiro atoms. The fraction of sp³-hybridized carbons (Fsp3) is 0.541. The number of hydrogen-bond acceptors (Lipinski definition) is 8. The lowest BCUT2D eigenvalue weighted by Gasteiger charge is -2.29. The van der Waals surface area contributed by atoms with E-state index in [0.717, 1.165) is 17.5 Å². The van der Waals surface area contributed by atoms with Crippen LogP contribution in [0.1, 0.15) is 50.2 Å². The molecule has 0 unspecified atom stereocenters. The van der Waals surface area contributed by atoms with Crippen molar-refractivity contribution in [1.82, 2.24) is 25.8 Å². The summed E-state index contributed by atoms with van der Waals surface area (Å²) in [5.41, 5.74) is 1.66. The molecule has 5 atom stereocenters. The quantitative estimate of drug-likeness (QED) is 0.376. The summed E-state index contributed by atoms with van der Waals surface area (Å²) in [7, 11) is 1.50. The highest BCUT2D eigenvalue weighted by Gasteiger charge is 2.41. The molecule has 5 rings (SSSR count). The van der Waals surface area contributed by atoms with Crippen molar-refractivity contribution in [2.45, 2.75) is 69.7 Å². The molecule has 0 aliphatic carbocycles. The van der Waals surface area contributed by atoms with E-state index < -0.39 is 47.9 Å². The molecule has 2 aromatic rings. The summed E-state index contributed by atoms with van der Waals surface area (Å²) in [6.07, 6.45) is 1.50. The molecule has 2 bridgehead atoms. The number of methoxy groups -OCH3 is 1. The number of ether oxygens (including phenoxy) is 3. The third-order valence-corrected chi connectivity index (χ3v) is 9.31. The average molecular weight is 692 g/mol. The van der Waals surface area contributed by atoms with Gasteiger partial charge in [-0.25, -0.2) is 0 Å². The van der Waals surface area contributed by atoms with E-state index in [9.17, 15) is 24.0 Å². The summed E-state index contributed by atoms with van der Waals surface area (Å²) in [6.45, 7) is 4.61. The highest BCUT2D eigenvalue weighted by Crippen LogP contribution is 2.31. The Morgan fingerprint density at radius 1 is 0.960 bits per heavy atom. The van der Waals surface area contributed by atoms with Gasteiger partial charge in [-0.3, -0.25) is 24.0 Å². The zero-order valence-electron chi connectivity index (χ0n) is 29.1. The first-order valence-electron chi connectivity index (χ1n) is 17.4. The monoisotopic (exact) mass is 691 g/mol. The maximum atomic E-state index is 14.2. The van der Waals surface area contributed by atoms with E-state index in [4.69, 9.17) is 14.2 Å². The molecule has 2 fully saturated rings. The lowest BCUT2D eigenvalue weighted by molar-refractivity contribution is -0.141. The van der Waals surface area contributed by atoms with E-state index in [0.29, 0.717) is 31.7 Å². The SMILES string of the molecule is COCCN1CC(=O)N[C@@H](Cc2ccccc2)C(=O)N[C@@H]2CN(C(=O)[C@H]3CCCO3)C[C@H]2c2cccc(c2)OCC(=O)N[C@H](CC(C)C)C1=O. The largest absolute Gasteiger partial charge is 0.484 e. The van der Waals surface area contributed by atoms with Crippen LogP contribution in [-0.4, -0.2) is 117 Å². The molecule has 3 aliphatic heterocycles. The number of nitrogens with zero attached hydrogens (tertiary/aromatic N) is 2. The summed E-state index contributed by atoms with van der Waals surface area (Å²) in [4.78, 5) is 71.4. The molecule has 2 aromatic carbocycles. The molecule has 5 amide bonds. The average Bonchev–Trinajstić information content (AvgIpc) is 3.79. The number of benzene rings is 2. The molecule has 3 aliphatic rings. The second-order valence-electron chi connectivity index (χ2n) is 13.6. The molecular weight excluding hydrogens is 642 g/mol. The predicted molar refractivity (Wildman–Crippen MR) is 184 cm³/mol. The second kappa shape index (κ2) is 17.4. The van der Waals surface area contributed by atoms with Gasteiger partial charge >= 0.3 is 0 Å². The van der Waals surface area contributed by atoms with Gasteiger partial charge in [0.1, 0.15) is 23.9 Å². The first-order chi connectivity index (χ1) is 24.1. The zero-order chi connectivity index (χ0) is 35.6. The number of hydrogen-bond donors (Lipinski definition) is 3. The summed E-state index contributed by atoms with van der Waals surface area (Å²) >= 11 is 0. The Labute approximate surface area is 293 Å². The molecular formula is C37H49N5O8. The van der Waals surface area contributed by atoms with Gasteiger partial charge in [-0.1, -0.05) is 56.3 Å². The van der Waals surface area contributed by atoms with Crippen LogP contribution in [0.5, 0.6) is 5.75 Å². The molecule has 0 saturated carbocycles. The first kappa shape index (κ1) is 36.8. The van der Waals surface area contributed by atoms with Crippen molar-refractivity contribution >= 4 is 29.5 Å². The first-order valence-corrected chi connectivity index (χ1v) is 17.4. The molecule has 0 aromatic heterocycles.